The molecule has 0 aliphatic carbocycles. The van der Waals surface area contributed by atoms with E-state index in [0.29, 0.717) is 37.7 Å². The van der Waals surface area contributed by atoms with Gasteiger partial charge in [-0.3, -0.25) is 19.8 Å². The first-order chi connectivity index (χ1) is 16.8. The number of carbonyl (C=O) groups is 1. The van der Waals surface area contributed by atoms with Crippen LogP contribution >= 0.6 is 23.2 Å². The number of piperazine rings is 1. The van der Waals surface area contributed by atoms with E-state index in [1.807, 2.05) is 17.0 Å². The number of aromatic nitrogens is 2. The molecule has 2 aromatic carbocycles. The highest BCUT2D eigenvalue weighted by Crippen LogP contribution is 2.36. The van der Waals surface area contributed by atoms with Gasteiger partial charge in [0, 0.05) is 49.8 Å². The third-order valence-electron chi connectivity index (χ3n) is 5.66. The standard InChI is InChI=1S/C22H22Cl2N6O5/c1-34-18-9-14-17(10-19(18)35-2)25-12-26-22(14)29-5-3-28(4-6-29)11-20(31)27-21-15(23)7-13(30(32)33)8-16(21)24/h7-10,12H,3-6,11H2,1-2H3,(H,27,31). The lowest BCUT2D eigenvalue weighted by atomic mass is 10.2. The number of rotatable bonds is 7. The lowest BCUT2D eigenvalue weighted by Gasteiger charge is -2.35. The number of non-ortho nitro benzene ring substituents is 1. The van der Waals surface area contributed by atoms with Crippen LogP contribution < -0.4 is 19.7 Å². The van der Waals surface area contributed by atoms with Gasteiger partial charge in [-0.25, -0.2) is 9.97 Å². The van der Waals surface area contributed by atoms with Crippen LogP contribution in [0, 0.1) is 10.1 Å². The zero-order valence-electron chi connectivity index (χ0n) is 19.0. The molecule has 0 atom stereocenters. The molecule has 4 rings (SSSR count). The average Bonchev–Trinajstić information content (AvgIpc) is 2.85. The SMILES string of the molecule is COc1cc2ncnc(N3CCN(CC(=O)Nc4c(Cl)cc([N+](=O)[O-])cc4Cl)CC3)c2cc1OC. The Morgan fingerprint density at radius 2 is 1.69 bits per heavy atom. The average molecular weight is 521 g/mol. The molecule has 1 N–H and O–H groups in total. The summed E-state index contributed by atoms with van der Waals surface area (Å²) in [6, 6.07) is 5.98. The molecule has 35 heavy (non-hydrogen) atoms. The second-order valence-electron chi connectivity index (χ2n) is 7.77. The van der Waals surface area contributed by atoms with Gasteiger partial charge in [0.1, 0.15) is 12.1 Å². The van der Waals surface area contributed by atoms with Gasteiger partial charge < -0.3 is 19.7 Å². The smallest absolute Gasteiger partial charge is 0.272 e. The normalized spacial score (nSPS) is 14.1. The van der Waals surface area contributed by atoms with Crippen molar-refractivity contribution >= 4 is 57.2 Å². The monoisotopic (exact) mass is 520 g/mol. The first-order valence-electron chi connectivity index (χ1n) is 10.6. The summed E-state index contributed by atoms with van der Waals surface area (Å²) >= 11 is 12.2. The number of hydrogen-bond donors (Lipinski definition) is 1. The second kappa shape index (κ2) is 10.5. The van der Waals surface area contributed by atoms with Gasteiger partial charge in [-0.1, -0.05) is 23.2 Å². The summed E-state index contributed by atoms with van der Waals surface area (Å²) in [6.45, 7) is 2.65. The Morgan fingerprint density at radius 3 is 2.29 bits per heavy atom. The van der Waals surface area contributed by atoms with Gasteiger partial charge in [0.15, 0.2) is 11.5 Å². The number of carbonyl (C=O) groups excluding carboxylic acids is 1. The van der Waals surface area contributed by atoms with Crippen LogP contribution in [0.1, 0.15) is 0 Å². The summed E-state index contributed by atoms with van der Waals surface area (Å²) in [5.74, 6) is 1.65. The van der Waals surface area contributed by atoms with E-state index in [9.17, 15) is 14.9 Å². The molecule has 0 bridgehead atoms. The van der Waals surface area contributed by atoms with Gasteiger partial charge in [-0.05, 0) is 6.07 Å². The Kier molecular flexibility index (Phi) is 7.39. The first-order valence-corrected chi connectivity index (χ1v) is 11.3. The fraction of sp³-hybridized carbons (Fsp3) is 0.318. The fourth-order valence-corrected chi connectivity index (χ4v) is 4.48. The van der Waals surface area contributed by atoms with E-state index in [2.05, 4.69) is 20.2 Å². The van der Waals surface area contributed by atoms with Crippen molar-refractivity contribution in [2.75, 3.05) is 57.2 Å². The minimum atomic E-state index is -0.601. The van der Waals surface area contributed by atoms with Crippen LogP contribution in [0.25, 0.3) is 10.9 Å². The highest BCUT2D eigenvalue weighted by molar-refractivity contribution is 6.40. The number of amides is 1. The van der Waals surface area contributed by atoms with Crippen LogP contribution in [0.3, 0.4) is 0 Å². The summed E-state index contributed by atoms with van der Waals surface area (Å²) < 4.78 is 10.8. The maximum atomic E-state index is 12.6. The van der Waals surface area contributed by atoms with E-state index >= 15 is 0 Å². The zero-order valence-corrected chi connectivity index (χ0v) is 20.5. The number of nitrogens with zero attached hydrogens (tertiary/aromatic N) is 5. The number of anilines is 2. The van der Waals surface area contributed by atoms with Gasteiger partial charge in [0.05, 0.1) is 46.9 Å². The van der Waals surface area contributed by atoms with Crippen LogP contribution in [0.2, 0.25) is 10.0 Å². The fourth-order valence-electron chi connectivity index (χ4n) is 3.91. The van der Waals surface area contributed by atoms with Crippen molar-refractivity contribution in [1.29, 1.82) is 0 Å². The molecule has 0 unspecified atom stereocenters. The number of nitro groups is 1. The Morgan fingerprint density at radius 1 is 1.06 bits per heavy atom. The largest absolute Gasteiger partial charge is 0.493 e. The van der Waals surface area contributed by atoms with Gasteiger partial charge in [-0.2, -0.15) is 0 Å². The van der Waals surface area contributed by atoms with Gasteiger partial charge >= 0.3 is 0 Å². The summed E-state index contributed by atoms with van der Waals surface area (Å²) in [6.07, 6.45) is 1.51. The zero-order chi connectivity index (χ0) is 25.1. The van der Waals surface area contributed by atoms with Crippen LogP contribution in [-0.4, -0.2) is 72.6 Å². The molecule has 0 radical (unpaired) electrons. The topological polar surface area (TPSA) is 123 Å². The molecule has 1 aliphatic heterocycles. The summed E-state index contributed by atoms with van der Waals surface area (Å²) in [4.78, 5) is 35.9. The van der Waals surface area contributed by atoms with Crippen molar-refractivity contribution in [3.63, 3.8) is 0 Å². The van der Waals surface area contributed by atoms with E-state index in [4.69, 9.17) is 32.7 Å². The molecule has 1 aromatic heterocycles. The molecule has 1 amide bonds. The number of halogens is 2. The van der Waals surface area contributed by atoms with E-state index in [1.54, 1.807) is 14.2 Å². The number of nitrogens with one attached hydrogen (secondary N) is 1. The molecule has 1 fully saturated rings. The van der Waals surface area contributed by atoms with Crippen LogP contribution in [0.15, 0.2) is 30.6 Å². The van der Waals surface area contributed by atoms with E-state index in [1.165, 1.54) is 6.33 Å². The molecule has 13 heteroatoms. The molecule has 1 aliphatic rings. The van der Waals surface area contributed by atoms with E-state index in [-0.39, 0.29) is 33.9 Å². The van der Waals surface area contributed by atoms with Gasteiger partial charge in [-0.15, -0.1) is 0 Å². The molecule has 0 spiro atoms. The molecule has 0 saturated carbocycles. The van der Waals surface area contributed by atoms with Crippen molar-refractivity contribution in [3.8, 4) is 11.5 Å². The predicted molar refractivity (Wildman–Crippen MR) is 133 cm³/mol. The Hall–Kier alpha value is -3.41. The molecule has 11 nitrogen and oxygen atoms in total. The number of nitro benzene ring substituents is 1. The van der Waals surface area contributed by atoms with Crippen molar-refractivity contribution in [2.45, 2.75) is 0 Å². The molecule has 1 saturated heterocycles. The lowest BCUT2D eigenvalue weighted by Crippen LogP contribution is -2.49. The third kappa shape index (κ3) is 5.31. The highest BCUT2D eigenvalue weighted by atomic mass is 35.5. The van der Waals surface area contributed by atoms with Crippen LogP contribution in [0.5, 0.6) is 11.5 Å². The molecular weight excluding hydrogens is 499 g/mol. The number of methoxy groups -OCH3 is 2. The Labute approximate surface area is 210 Å². The van der Waals surface area contributed by atoms with Crippen LogP contribution in [0.4, 0.5) is 17.2 Å². The van der Waals surface area contributed by atoms with E-state index < -0.39 is 4.92 Å². The van der Waals surface area contributed by atoms with Gasteiger partial charge in [0.25, 0.3) is 5.69 Å². The quantitative estimate of drug-likeness (QED) is 0.367. The van der Waals surface area contributed by atoms with Crippen molar-refractivity contribution in [2.24, 2.45) is 0 Å². The minimum Gasteiger partial charge on any atom is -0.493 e. The summed E-state index contributed by atoms with van der Waals surface area (Å²) in [5, 5.41) is 14.4. The maximum Gasteiger partial charge on any atom is 0.272 e. The summed E-state index contributed by atoms with van der Waals surface area (Å²) in [5.41, 5.74) is 0.646. The van der Waals surface area contributed by atoms with Crippen molar-refractivity contribution in [1.82, 2.24) is 14.9 Å². The summed E-state index contributed by atoms with van der Waals surface area (Å²) in [7, 11) is 3.15. The van der Waals surface area contributed by atoms with E-state index in [0.717, 1.165) is 28.9 Å². The molecule has 3 aromatic rings. The minimum absolute atomic E-state index is 0.00469. The predicted octanol–water partition coefficient (Wildman–Crippen LogP) is 3.62. The first kappa shape index (κ1) is 24.7. The maximum absolute atomic E-state index is 12.6. The number of benzene rings is 2. The highest BCUT2D eigenvalue weighted by Gasteiger charge is 2.23. The molecular formula is C22H22Cl2N6O5. The number of fused-ring (bicyclic) bond motifs is 1. The van der Waals surface area contributed by atoms with Crippen LogP contribution in [-0.2, 0) is 4.79 Å². The van der Waals surface area contributed by atoms with Crippen molar-refractivity contribution < 1.29 is 19.2 Å². The Bertz CT molecular complexity index is 1260. The van der Waals surface area contributed by atoms with Crippen molar-refractivity contribution in [3.05, 3.63) is 50.8 Å². The number of ether oxygens (including phenoxy) is 2. The molecule has 2 heterocycles. The molecule has 184 valence electrons. The van der Waals surface area contributed by atoms with Gasteiger partial charge in [0.2, 0.25) is 5.91 Å². The number of hydrogen-bond acceptors (Lipinski definition) is 9. The second-order valence-corrected chi connectivity index (χ2v) is 8.59. The third-order valence-corrected chi connectivity index (χ3v) is 6.26. The lowest BCUT2D eigenvalue weighted by molar-refractivity contribution is -0.384. The Balaban J connectivity index is 1.41.